The maximum Gasteiger partial charge on any atom is 0.371 e. The lowest BCUT2D eigenvalue weighted by Gasteiger charge is -2.18. The van der Waals surface area contributed by atoms with E-state index in [4.69, 9.17) is 9.84 Å². The van der Waals surface area contributed by atoms with Gasteiger partial charge in [0, 0.05) is 0 Å². The molecule has 0 bridgehead atoms. The number of ketones is 1. The standard InChI is InChI=1S/C11H8O5/c12-9-6-3-1-2-4-8(6)16-5-7(9)10(13)11(14)15/h1-4,13H,5H2,(H,14,15). The molecule has 5 nitrogen and oxygen atoms in total. The number of aliphatic carboxylic acids is 1. The number of carboxylic acids is 1. The van der Waals surface area contributed by atoms with E-state index < -0.39 is 17.5 Å². The summed E-state index contributed by atoms with van der Waals surface area (Å²) >= 11 is 0. The van der Waals surface area contributed by atoms with Crippen molar-refractivity contribution in [2.45, 2.75) is 0 Å². The molecule has 2 rings (SSSR count). The first-order valence-corrected chi connectivity index (χ1v) is 4.53. The predicted molar refractivity (Wildman–Crippen MR) is 53.6 cm³/mol. The van der Waals surface area contributed by atoms with Crippen LogP contribution >= 0.6 is 0 Å². The number of ether oxygens (including phenoxy) is 1. The van der Waals surface area contributed by atoms with Crippen LogP contribution in [0.3, 0.4) is 0 Å². The molecule has 0 spiro atoms. The molecule has 82 valence electrons. The third kappa shape index (κ3) is 1.52. The van der Waals surface area contributed by atoms with Crippen molar-refractivity contribution in [1.29, 1.82) is 0 Å². The molecule has 1 aromatic rings. The summed E-state index contributed by atoms with van der Waals surface area (Å²) in [5, 5.41) is 17.8. The van der Waals surface area contributed by atoms with E-state index in [0.717, 1.165) is 0 Å². The summed E-state index contributed by atoms with van der Waals surface area (Å²) in [7, 11) is 0. The number of aliphatic hydroxyl groups is 1. The molecule has 2 N–H and O–H groups in total. The van der Waals surface area contributed by atoms with E-state index in [1.165, 1.54) is 6.07 Å². The minimum absolute atomic E-state index is 0.228. The summed E-state index contributed by atoms with van der Waals surface area (Å²) in [6, 6.07) is 6.48. The minimum Gasteiger partial charge on any atom is -0.501 e. The van der Waals surface area contributed by atoms with Crippen LogP contribution in [0.15, 0.2) is 35.6 Å². The first kappa shape index (κ1) is 10.2. The van der Waals surface area contributed by atoms with Gasteiger partial charge in [0.2, 0.25) is 5.76 Å². The van der Waals surface area contributed by atoms with Crippen molar-refractivity contribution in [3.05, 3.63) is 41.2 Å². The highest BCUT2D eigenvalue weighted by Gasteiger charge is 2.28. The summed E-state index contributed by atoms with van der Waals surface area (Å²) in [5.74, 6) is -2.61. The predicted octanol–water partition coefficient (Wildman–Crippen LogP) is 1.16. The number of rotatable bonds is 1. The highest BCUT2D eigenvalue weighted by atomic mass is 16.5. The molecule has 0 unspecified atom stereocenters. The monoisotopic (exact) mass is 220 g/mol. The zero-order valence-corrected chi connectivity index (χ0v) is 8.14. The van der Waals surface area contributed by atoms with Crippen LogP contribution in [-0.2, 0) is 4.79 Å². The lowest BCUT2D eigenvalue weighted by Crippen LogP contribution is -2.23. The van der Waals surface area contributed by atoms with Crippen LogP contribution in [0.4, 0.5) is 0 Å². The Morgan fingerprint density at radius 1 is 1.25 bits per heavy atom. The van der Waals surface area contributed by atoms with E-state index in [9.17, 15) is 14.7 Å². The number of hydrogen-bond acceptors (Lipinski definition) is 4. The van der Waals surface area contributed by atoms with E-state index in [1.807, 2.05) is 0 Å². The van der Waals surface area contributed by atoms with Gasteiger partial charge >= 0.3 is 5.97 Å². The molecule has 0 radical (unpaired) electrons. The lowest BCUT2D eigenvalue weighted by molar-refractivity contribution is -0.135. The van der Waals surface area contributed by atoms with Crippen LogP contribution in [0.25, 0.3) is 0 Å². The van der Waals surface area contributed by atoms with E-state index in [1.54, 1.807) is 18.2 Å². The first-order valence-electron chi connectivity index (χ1n) is 4.53. The molecular formula is C11H8O5. The number of para-hydroxylation sites is 1. The Balaban J connectivity index is 2.50. The number of Topliss-reactive ketones (excluding diaryl/α,β-unsaturated/α-hetero) is 1. The summed E-state index contributed by atoms with van der Waals surface area (Å²) in [4.78, 5) is 22.3. The van der Waals surface area contributed by atoms with Gasteiger partial charge in [0.15, 0.2) is 5.78 Å². The van der Waals surface area contributed by atoms with Gasteiger partial charge in [-0.1, -0.05) is 12.1 Å². The van der Waals surface area contributed by atoms with Crippen molar-refractivity contribution >= 4 is 11.8 Å². The molecule has 0 atom stereocenters. The van der Waals surface area contributed by atoms with E-state index in [-0.39, 0.29) is 17.7 Å². The van der Waals surface area contributed by atoms with Gasteiger partial charge in [-0.3, -0.25) is 4.79 Å². The first-order chi connectivity index (χ1) is 7.61. The van der Waals surface area contributed by atoms with Crippen molar-refractivity contribution in [2.75, 3.05) is 6.61 Å². The van der Waals surface area contributed by atoms with Crippen molar-refractivity contribution in [3.8, 4) is 5.75 Å². The molecule has 1 aromatic carbocycles. The summed E-state index contributed by atoms with van der Waals surface area (Å²) in [6.45, 7) is -0.228. The molecular weight excluding hydrogens is 212 g/mol. The Labute approximate surface area is 90.6 Å². The molecule has 0 fully saturated rings. The largest absolute Gasteiger partial charge is 0.501 e. The number of carbonyl (C=O) groups excluding carboxylic acids is 1. The van der Waals surface area contributed by atoms with Crippen molar-refractivity contribution in [3.63, 3.8) is 0 Å². The fourth-order valence-corrected chi connectivity index (χ4v) is 1.46. The summed E-state index contributed by atoms with van der Waals surface area (Å²) < 4.78 is 5.18. The van der Waals surface area contributed by atoms with Gasteiger partial charge in [0.25, 0.3) is 0 Å². The maximum atomic E-state index is 11.8. The number of aliphatic hydroxyl groups excluding tert-OH is 1. The smallest absolute Gasteiger partial charge is 0.371 e. The molecule has 1 heterocycles. The molecule has 0 saturated heterocycles. The van der Waals surface area contributed by atoms with Gasteiger partial charge in [-0.05, 0) is 12.1 Å². The molecule has 1 aliphatic heterocycles. The number of hydrogen-bond donors (Lipinski definition) is 2. The molecule has 0 aromatic heterocycles. The van der Waals surface area contributed by atoms with Crippen LogP contribution in [0, 0.1) is 0 Å². The second kappa shape index (κ2) is 3.69. The Morgan fingerprint density at radius 2 is 1.94 bits per heavy atom. The normalized spacial score (nSPS) is 17.4. The minimum atomic E-state index is -1.54. The van der Waals surface area contributed by atoms with Gasteiger partial charge in [0.1, 0.15) is 12.4 Å². The molecule has 5 heteroatoms. The molecule has 1 aliphatic rings. The topological polar surface area (TPSA) is 83.8 Å². The highest BCUT2D eigenvalue weighted by Crippen LogP contribution is 2.27. The van der Waals surface area contributed by atoms with Gasteiger partial charge in [-0.2, -0.15) is 0 Å². The number of fused-ring (bicyclic) bond motifs is 1. The average Bonchev–Trinajstić information content (AvgIpc) is 2.29. The van der Waals surface area contributed by atoms with Gasteiger partial charge in [-0.25, -0.2) is 4.79 Å². The second-order valence-corrected chi connectivity index (χ2v) is 3.25. The van der Waals surface area contributed by atoms with Crippen molar-refractivity contribution < 1.29 is 24.5 Å². The van der Waals surface area contributed by atoms with E-state index in [2.05, 4.69) is 0 Å². The fraction of sp³-hybridized carbons (Fsp3) is 0.0909. The third-order valence-corrected chi connectivity index (χ3v) is 2.27. The zero-order valence-electron chi connectivity index (χ0n) is 8.14. The SMILES string of the molecule is O=C(O)C(O)=C1COc2ccccc2C1=O. The number of benzene rings is 1. The van der Waals surface area contributed by atoms with Crippen LogP contribution in [-0.4, -0.2) is 28.6 Å². The lowest BCUT2D eigenvalue weighted by atomic mass is 9.99. The van der Waals surface area contributed by atoms with Crippen LogP contribution in [0.5, 0.6) is 5.75 Å². The van der Waals surface area contributed by atoms with E-state index >= 15 is 0 Å². The van der Waals surface area contributed by atoms with Gasteiger partial charge in [0.05, 0.1) is 11.1 Å². The van der Waals surface area contributed by atoms with Crippen LogP contribution in [0.2, 0.25) is 0 Å². The number of carboxylic acid groups (broad SMARTS) is 1. The third-order valence-electron chi connectivity index (χ3n) is 2.27. The number of carbonyl (C=O) groups is 2. The molecule has 0 saturated carbocycles. The van der Waals surface area contributed by atoms with Gasteiger partial charge < -0.3 is 14.9 Å². The second-order valence-electron chi connectivity index (χ2n) is 3.25. The van der Waals surface area contributed by atoms with Crippen LogP contribution in [0.1, 0.15) is 10.4 Å². The molecule has 0 amide bonds. The molecule has 16 heavy (non-hydrogen) atoms. The fourth-order valence-electron chi connectivity index (χ4n) is 1.46. The van der Waals surface area contributed by atoms with Crippen molar-refractivity contribution in [2.24, 2.45) is 0 Å². The van der Waals surface area contributed by atoms with Gasteiger partial charge in [-0.15, -0.1) is 0 Å². The Bertz CT molecular complexity index is 501. The maximum absolute atomic E-state index is 11.8. The van der Waals surface area contributed by atoms with Crippen LogP contribution < -0.4 is 4.74 Å². The Hall–Kier alpha value is -2.30. The Morgan fingerprint density at radius 3 is 2.62 bits per heavy atom. The summed E-state index contributed by atoms with van der Waals surface area (Å²) in [5.41, 5.74) is 0.0303. The average molecular weight is 220 g/mol. The zero-order chi connectivity index (χ0) is 11.7. The van der Waals surface area contributed by atoms with E-state index in [0.29, 0.717) is 5.75 Å². The highest BCUT2D eigenvalue weighted by molar-refractivity contribution is 6.14. The Kier molecular flexibility index (Phi) is 2.36. The quantitative estimate of drug-likeness (QED) is 0.548. The molecule has 0 aliphatic carbocycles. The summed E-state index contributed by atoms with van der Waals surface area (Å²) in [6.07, 6.45) is 0. The van der Waals surface area contributed by atoms with Crippen molar-refractivity contribution in [1.82, 2.24) is 0 Å².